The summed E-state index contributed by atoms with van der Waals surface area (Å²) in [5, 5.41) is 5.60. The molecule has 0 spiro atoms. The van der Waals surface area contributed by atoms with Crippen LogP contribution < -0.4 is 10.6 Å². The van der Waals surface area contributed by atoms with E-state index in [2.05, 4.69) is 10.6 Å². The Bertz CT molecular complexity index is 399. The monoisotopic (exact) mass is 248 g/mol. The smallest absolute Gasteiger partial charge is 0.220 e. The van der Waals surface area contributed by atoms with Crippen LogP contribution in [0.5, 0.6) is 0 Å². The Kier molecular flexibility index (Phi) is 5.91. The van der Waals surface area contributed by atoms with Crippen LogP contribution in [0.1, 0.15) is 37.8 Å². The van der Waals surface area contributed by atoms with E-state index in [0.29, 0.717) is 19.5 Å². The summed E-state index contributed by atoms with van der Waals surface area (Å²) >= 11 is 0. The molecule has 4 nitrogen and oxygen atoms in total. The van der Waals surface area contributed by atoms with E-state index in [1.54, 1.807) is 0 Å². The maximum Gasteiger partial charge on any atom is 0.220 e. The lowest BCUT2D eigenvalue weighted by atomic mass is 10.1. The van der Waals surface area contributed by atoms with E-state index in [1.165, 1.54) is 6.92 Å². The second-order valence-corrected chi connectivity index (χ2v) is 4.25. The van der Waals surface area contributed by atoms with Gasteiger partial charge in [-0.3, -0.25) is 9.59 Å². The van der Waals surface area contributed by atoms with Crippen LogP contribution >= 0.6 is 0 Å². The number of carbonyl (C=O) groups excluding carboxylic acids is 2. The van der Waals surface area contributed by atoms with Crippen molar-refractivity contribution in [2.24, 2.45) is 0 Å². The van der Waals surface area contributed by atoms with Gasteiger partial charge in [0.2, 0.25) is 11.8 Å². The Morgan fingerprint density at radius 3 is 1.94 bits per heavy atom. The molecule has 0 aromatic heterocycles. The average Bonchev–Trinajstić information content (AvgIpc) is 2.35. The van der Waals surface area contributed by atoms with Crippen LogP contribution in [0.4, 0.5) is 0 Å². The summed E-state index contributed by atoms with van der Waals surface area (Å²) < 4.78 is 0. The van der Waals surface area contributed by atoms with Gasteiger partial charge in [0.05, 0.1) is 0 Å². The summed E-state index contributed by atoms with van der Waals surface area (Å²) in [6, 6.07) is 7.83. The van der Waals surface area contributed by atoms with Crippen LogP contribution in [0.2, 0.25) is 0 Å². The van der Waals surface area contributed by atoms with Crippen LogP contribution in [-0.4, -0.2) is 11.8 Å². The molecule has 0 bridgehead atoms. The summed E-state index contributed by atoms with van der Waals surface area (Å²) in [6.45, 7) is 4.57. The largest absolute Gasteiger partial charge is 0.352 e. The summed E-state index contributed by atoms with van der Waals surface area (Å²) in [4.78, 5) is 22.1. The predicted octanol–water partition coefficient (Wildman–Crippen LogP) is 1.74. The first kappa shape index (κ1) is 14.2. The molecule has 0 heterocycles. The highest BCUT2D eigenvalue weighted by atomic mass is 16.2. The lowest BCUT2D eigenvalue weighted by Gasteiger charge is -2.06. The zero-order valence-corrected chi connectivity index (χ0v) is 11.0. The lowest BCUT2D eigenvalue weighted by Crippen LogP contribution is -2.22. The molecule has 1 aromatic carbocycles. The molecular weight excluding hydrogens is 228 g/mol. The average molecular weight is 248 g/mol. The number of hydrogen-bond acceptors (Lipinski definition) is 2. The van der Waals surface area contributed by atoms with Gasteiger partial charge >= 0.3 is 0 Å². The molecule has 0 unspecified atom stereocenters. The van der Waals surface area contributed by atoms with Crippen molar-refractivity contribution in [3.63, 3.8) is 0 Å². The number of rotatable bonds is 6. The van der Waals surface area contributed by atoms with Crippen molar-refractivity contribution in [2.75, 3.05) is 0 Å². The van der Waals surface area contributed by atoms with E-state index in [9.17, 15) is 9.59 Å². The summed E-state index contributed by atoms with van der Waals surface area (Å²) in [7, 11) is 0. The van der Waals surface area contributed by atoms with Crippen molar-refractivity contribution in [2.45, 2.75) is 39.8 Å². The fraction of sp³-hybridized carbons (Fsp3) is 0.429. The minimum Gasteiger partial charge on any atom is -0.352 e. The first-order valence-corrected chi connectivity index (χ1v) is 6.20. The zero-order chi connectivity index (χ0) is 13.4. The van der Waals surface area contributed by atoms with Crippen molar-refractivity contribution in [3.05, 3.63) is 35.4 Å². The standard InChI is InChI=1S/C14H20N2O2/c1-3-4-14(18)16-10-13-7-5-12(6-8-13)9-15-11(2)17/h5-8H,3-4,9-10H2,1-2H3,(H,15,17)(H,16,18). The lowest BCUT2D eigenvalue weighted by molar-refractivity contribution is -0.121. The molecule has 0 atom stereocenters. The van der Waals surface area contributed by atoms with Crippen molar-refractivity contribution in [3.8, 4) is 0 Å². The Balaban J connectivity index is 2.40. The second-order valence-electron chi connectivity index (χ2n) is 4.25. The third kappa shape index (κ3) is 5.48. The summed E-state index contributed by atoms with van der Waals surface area (Å²) in [5.74, 6) is 0.0470. The maximum absolute atomic E-state index is 11.3. The molecule has 2 amide bonds. The van der Waals surface area contributed by atoms with E-state index >= 15 is 0 Å². The van der Waals surface area contributed by atoms with Crippen molar-refractivity contribution in [1.29, 1.82) is 0 Å². The quantitative estimate of drug-likeness (QED) is 0.805. The first-order valence-electron chi connectivity index (χ1n) is 6.20. The van der Waals surface area contributed by atoms with E-state index in [1.807, 2.05) is 31.2 Å². The van der Waals surface area contributed by atoms with Crippen molar-refractivity contribution < 1.29 is 9.59 Å². The summed E-state index contributed by atoms with van der Waals surface area (Å²) in [6.07, 6.45) is 1.43. The minimum atomic E-state index is -0.0362. The van der Waals surface area contributed by atoms with Crippen LogP contribution in [0.15, 0.2) is 24.3 Å². The molecule has 0 aliphatic heterocycles. The van der Waals surface area contributed by atoms with Gasteiger partial charge in [0.1, 0.15) is 0 Å². The molecule has 18 heavy (non-hydrogen) atoms. The molecule has 98 valence electrons. The molecule has 0 saturated carbocycles. The van der Waals surface area contributed by atoms with Gasteiger partial charge in [0.15, 0.2) is 0 Å². The van der Waals surface area contributed by atoms with Gasteiger partial charge in [-0.2, -0.15) is 0 Å². The van der Waals surface area contributed by atoms with Crippen molar-refractivity contribution in [1.82, 2.24) is 10.6 Å². The van der Waals surface area contributed by atoms with E-state index < -0.39 is 0 Å². The van der Waals surface area contributed by atoms with Gasteiger partial charge in [-0.05, 0) is 17.5 Å². The Hall–Kier alpha value is -1.84. The predicted molar refractivity (Wildman–Crippen MR) is 70.7 cm³/mol. The third-order valence-corrected chi connectivity index (χ3v) is 2.53. The minimum absolute atomic E-state index is 0.0362. The number of hydrogen-bond donors (Lipinski definition) is 2. The van der Waals surface area contributed by atoms with Gasteiger partial charge in [-0.25, -0.2) is 0 Å². The highest BCUT2D eigenvalue weighted by molar-refractivity contribution is 5.75. The van der Waals surface area contributed by atoms with Crippen LogP contribution in [0.25, 0.3) is 0 Å². The normalized spacial score (nSPS) is 9.89. The molecule has 0 radical (unpaired) electrons. The molecule has 0 fully saturated rings. The number of amides is 2. The molecule has 0 aliphatic rings. The van der Waals surface area contributed by atoms with Gasteiger partial charge < -0.3 is 10.6 Å². The Morgan fingerprint density at radius 1 is 1.00 bits per heavy atom. The van der Waals surface area contributed by atoms with Gasteiger partial charge in [-0.1, -0.05) is 31.2 Å². The van der Waals surface area contributed by atoms with E-state index in [0.717, 1.165) is 17.5 Å². The van der Waals surface area contributed by atoms with E-state index in [-0.39, 0.29) is 11.8 Å². The third-order valence-electron chi connectivity index (χ3n) is 2.53. The van der Waals surface area contributed by atoms with Gasteiger partial charge in [-0.15, -0.1) is 0 Å². The van der Waals surface area contributed by atoms with Crippen LogP contribution in [0, 0.1) is 0 Å². The Morgan fingerprint density at radius 2 is 1.50 bits per heavy atom. The number of benzene rings is 1. The van der Waals surface area contributed by atoms with E-state index in [4.69, 9.17) is 0 Å². The SMILES string of the molecule is CCCC(=O)NCc1ccc(CNC(C)=O)cc1. The van der Waals surface area contributed by atoms with Crippen LogP contribution in [0.3, 0.4) is 0 Å². The molecule has 4 heteroatoms. The highest BCUT2D eigenvalue weighted by Gasteiger charge is 2.00. The number of nitrogens with one attached hydrogen (secondary N) is 2. The fourth-order valence-electron chi connectivity index (χ4n) is 1.52. The highest BCUT2D eigenvalue weighted by Crippen LogP contribution is 2.04. The summed E-state index contributed by atoms with van der Waals surface area (Å²) in [5.41, 5.74) is 2.11. The Labute approximate surface area is 108 Å². The molecule has 2 N–H and O–H groups in total. The molecule has 0 aliphatic carbocycles. The maximum atomic E-state index is 11.3. The first-order chi connectivity index (χ1) is 8.61. The van der Waals surface area contributed by atoms with Gasteiger partial charge in [0, 0.05) is 26.4 Å². The molecule has 0 saturated heterocycles. The van der Waals surface area contributed by atoms with Gasteiger partial charge in [0.25, 0.3) is 0 Å². The molecule has 1 aromatic rings. The topological polar surface area (TPSA) is 58.2 Å². The second kappa shape index (κ2) is 7.48. The van der Waals surface area contributed by atoms with Crippen LogP contribution in [-0.2, 0) is 22.7 Å². The molecular formula is C14H20N2O2. The zero-order valence-electron chi connectivity index (χ0n) is 11.0. The fourth-order valence-corrected chi connectivity index (χ4v) is 1.52. The number of carbonyl (C=O) groups is 2. The van der Waals surface area contributed by atoms with Crippen molar-refractivity contribution >= 4 is 11.8 Å². The molecule has 1 rings (SSSR count).